The summed E-state index contributed by atoms with van der Waals surface area (Å²) in [5, 5.41) is 14.0. The number of carbonyl (C=O) groups is 1. The second kappa shape index (κ2) is 9.28. The number of carbonyl (C=O) groups excluding carboxylic acids is 1. The molecule has 3 rings (SSSR count). The summed E-state index contributed by atoms with van der Waals surface area (Å²) in [6, 6.07) is 7.40. The van der Waals surface area contributed by atoms with Gasteiger partial charge in [0.1, 0.15) is 28.9 Å². The fraction of sp³-hybridized carbons (Fsp3) is 0.111. The summed E-state index contributed by atoms with van der Waals surface area (Å²) in [5.41, 5.74) is 0.520. The highest BCUT2D eigenvalue weighted by atomic mass is 19.3. The van der Waals surface area contributed by atoms with Crippen molar-refractivity contribution in [2.45, 2.75) is 12.8 Å². The third kappa shape index (κ3) is 5.16. The minimum atomic E-state index is -3.35. The lowest BCUT2D eigenvalue weighted by molar-refractivity contribution is -0.0665. The van der Waals surface area contributed by atoms with Crippen LogP contribution in [0.25, 0.3) is 0 Å². The van der Waals surface area contributed by atoms with E-state index in [2.05, 4.69) is 35.3 Å². The Morgan fingerprint density at radius 1 is 1.10 bits per heavy atom. The molecule has 0 bridgehead atoms. The molecule has 152 valence electrons. The van der Waals surface area contributed by atoms with Gasteiger partial charge in [0.15, 0.2) is 0 Å². The van der Waals surface area contributed by atoms with Crippen LogP contribution in [0.4, 0.5) is 30.5 Å². The standard InChI is InChI=1S/C18H12F3N7O2/c19-15(20)16(21)30-14-4-5-23-9-13(14)27-17(29)12-3-6-24-18(28-12)26-11-2-1-10(7-22)25-8-11/h1-6,8-9,15-16H,(H,27,29)(H,24,26,28). The molecule has 9 nitrogen and oxygen atoms in total. The molecule has 12 heteroatoms. The van der Waals surface area contributed by atoms with Crippen molar-refractivity contribution >= 4 is 23.2 Å². The highest BCUT2D eigenvalue weighted by molar-refractivity contribution is 6.03. The monoisotopic (exact) mass is 415 g/mol. The fourth-order valence-corrected chi connectivity index (χ4v) is 2.15. The van der Waals surface area contributed by atoms with E-state index >= 15 is 0 Å². The van der Waals surface area contributed by atoms with Gasteiger partial charge in [0, 0.05) is 18.5 Å². The second-order valence-electron chi connectivity index (χ2n) is 5.56. The molecule has 1 atom stereocenters. The highest BCUT2D eigenvalue weighted by Crippen LogP contribution is 2.26. The van der Waals surface area contributed by atoms with Crippen LogP contribution in [-0.4, -0.2) is 38.6 Å². The Hall–Kier alpha value is -4.27. The molecule has 0 aliphatic heterocycles. The lowest BCUT2D eigenvalue weighted by Crippen LogP contribution is -2.21. The SMILES string of the molecule is N#Cc1ccc(Nc2nccc(C(=O)Nc3cnccc3OC(F)C(F)F)n2)cn1. The van der Waals surface area contributed by atoms with Gasteiger partial charge >= 0.3 is 6.43 Å². The number of hydrogen-bond acceptors (Lipinski definition) is 8. The van der Waals surface area contributed by atoms with Crippen molar-refractivity contribution < 1.29 is 22.7 Å². The summed E-state index contributed by atoms with van der Waals surface area (Å²) in [6.07, 6.45) is -1.19. The number of pyridine rings is 2. The number of hydrogen-bond donors (Lipinski definition) is 2. The maximum Gasteiger partial charge on any atom is 0.304 e. The van der Waals surface area contributed by atoms with E-state index in [0.29, 0.717) is 5.69 Å². The number of amides is 1. The number of rotatable bonds is 7. The van der Waals surface area contributed by atoms with Crippen LogP contribution < -0.4 is 15.4 Å². The number of nitrogens with one attached hydrogen (secondary N) is 2. The maximum atomic E-state index is 13.2. The Balaban J connectivity index is 1.73. The molecular weight excluding hydrogens is 403 g/mol. The zero-order valence-corrected chi connectivity index (χ0v) is 15.0. The topological polar surface area (TPSA) is 126 Å². The summed E-state index contributed by atoms with van der Waals surface area (Å²) in [4.78, 5) is 28.1. The molecule has 0 spiro atoms. The Labute approximate surface area is 167 Å². The fourth-order valence-electron chi connectivity index (χ4n) is 2.15. The van der Waals surface area contributed by atoms with Gasteiger partial charge in [0.2, 0.25) is 5.95 Å². The molecule has 0 fully saturated rings. The van der Waals surface area contributed by atoms with E-state index in [0.717, 1.165) is 12.3 Å². The van der Waals surface area contributed by atoms with Crippen LogP contribution in [0.3, 0.4) is 0 Å². The number of anilines is 3. The van der Waals surface area contributed by atoms with Crippen molar-refractivity contribution in [3.63, 3.8) is 0 Å². The molecular formula is C18H12F3N7O2. The molecule has 1 amide bonds. The molecule has 3 heterocycles. The first-order valence-electron chi connectivity index (χ1n) is 8.26. The predicted octanol–water partition coefficient (Wildman–Crippen LogP) is 3.07. The molecule has 0 radical (unpaired) electrons. The minimum Gasteiger partial charge on any atom is -0.452 e. The highest BCUT2D eigenvalue weighted by Gasteiger charge is 2.23. The number of nitrogens with zero attached hydrogens (tertiary/aromatic N) is 5. The van der Waals surface area contributed by atoms with E-state index in [1.54, 1.807) is 6.07 Å². The Morgan fingerprint density at radius 2 is 1.93 bits per heavy atom. The van der Waals surface area contributed by atoms with Crippen LogP contribution in [0, 0.1) is 11.3 Å². The van der Waals surface area contributed by atoms with Crippen molar-refractivity contribution in [2.24, 2.45) is 0 Å². The largest absolute Gasteiger partial charge is 0.452 e. The van der Waals surface area contributed by atoms with Gasteiger partial charge in [-0.3, -0.25) is 9.78 Å². The minimum absolute atomic E-state index is 0.0679. The average Bonchev–Trinajstić information content (AvgIpc) is 2.75. The first-order valence-corrected chi connectivity index (χ1v) is 8.26. The van der Waals surface area contributed by atoms with Crippen LogP contribution in [0.2, 0.25) is 0 Å². The van der Waals surface area contributed by atoms with E-state index in [9.17, 15) is 18.0 Å². The van der Waals surface area contributed by atoms with Crippen LogP contribution in [0.5, 0.6) is 5.75 Å². The van der Waals surface area contributed by atoms with Crippen molar-refractivity contribution in [3.05, 3.63) is 60.4 Å². The molecule has 0 saturated carbocycles. The van der Waals surface area contributed by atoms with Crippen molar-refractivity contribution in [2.75, 3.05) is 10.6 Å². The zero-order chi connectivity index (χ0) is 21.5. The van der Waals surface area contributed by atoms with Gasteiger partial charge in [-0.25, -0.2) is 23.7 Å². The van der Waals surface area contributed by atoms with Crippen LogP contribution >= 0.6 is 0 Å². The van der Waals surface area contributed by atoms with Gasteiger partial charge in [-0.1, -0.05) is 0 Å². The van der Waals surface area contributed by atoms with Gasteiger partial charge in [0.25, 0.3) is 12.3 Å². The predicted molar refractivity (Wildman–Crippen MR) is 98.0 cm³/mol. The average molecular weight is 415 g/mol. The van der Waals surface area contributed by atoms with Gasteiger partial charge in [0.05, 0.1) is 18.1 Å². The summed E-state index contributed by atoms with van der Waals surface area (Å²) in [6.45, 7) is 0. The van der Waals surface area contributed by atoms with E-state index in [4.69, 9.17) is 5.26 Å². The lowest BCUT2D eigenvalue weighted by atomic mass is 10.3. The molecule has 2 N–H and O–H groups in total. The van der Waals surface area contributed by atoms with Gasteiger partial charge < -0.3 is 15.4 Å². The van der Waals surface area contributed by atoms with Crippen LogP contribution in [-0.2, 0) is 0 Å². The van der Waals surface area contributed by atoms with Gasteiger partial charge in [-0.05, 0) is 18.2 Å². The first-order chi connectivity index (χ1) is 14.5. The number of ether oxygens (including phenoxy) is 1. The summed E-state index contributed by atoms with van der Waals surface area (Å²) in [5.74, 6) is -0.982. The molecule has 0 saturated heterocycles. The van der Waals surface area contributed by atoms with E-state index in [-0.39, 0.29) is 28.8 Å². The summed E-state index contributed by atoms with van der Waals surface area (Å²) < 4.78 is 42.5. The van der Waals surface area contributed by atoms with Gasteiger partial charge in [-0.2, -0.15) is 9.65 Å². The Kier molecular flexibility index (Phi) is 6.33. The van der Waals surface area contributed by atoms with E-state index in [1.807, 2.05) is 6.07 Å². The molecule has 30 heavy (non-hydrogen) atoms. The normalized spacial score (nSPS) is 11.4. The first kappa shape index (κ1) is 20.5. The third-order valence-corrected chi connectivity index (χ3v) is 3.49. The Bertz CT molecular complexity index is 1070. The van der Waals surface area contributed by atoms with Crippen molar-refractivity contribution in [3.8, 4) is 11.8 Å². The van der Waals surface area contributed by atoms with Crippen molar-refractivity contribution in [1.29, 1.82) is 5.26 Å². The third-order valence-electron chi connectivity index (χ3n) is 3.49. The quantitative estimate of drug-likeness (QED) is 0.603. The summed E-state index contributed by atoms with van der Waals surface area (Å²) >= 11 is 0. The zero-order valence-electron chi connectivity index (χ0n) is 15.0. The number of aromatic nitrogens is 4. The molecule has 0 aliphatic rings. The number of nitriles is 1. The van der Waals surface area contributed by atoms with Gasteiger partial charge in [-0.15, -0.1) is 0 Å². The summed E-state index contributed by atoms with van der Waals surface area (Å²) in [7, 11) is 0. The molecule has 0 aliphatic carbocycles. The molecule has 1 unspecified atom stereocenters. The van der Waals surface area contributed by atoms with Crippen molar-refractivity contribution in [1.82, 2.24) is 19.9 Å². The second-order valence-corrected chi connectivity index (χ2v) is 5.56. The molecule has 0 aromatic carbocycles. The van der Waals surface area contributed by atoms with Crippen LogP contribution in [0.1, 0.15) is 16.2 Å². The molecule has 3 aromatic heterocycles. The van der Waals surface area contributed by atoms with Crippen LogP contribution in [0.15, 0.2) is 49.1 Å². The Morgan fingerprint density at radius 3 is 2.63 bits per heavy atom. The molecule has 3 aromatic rings. The number of halogens is 3. The van der Waals surface area contributed by atoms with E-state index < -0.39 is 18.7 Å². The number of alkyl halides is 3. The smallest absolute Gasteiger partial charge is 0.304 e. The maximum absolute atomic E-state index is 13.2. The lowest BCUT2D eigenvalue weighted by Gasteiger charge is -2.14. The van der Waals surface area contributed by atoms with E-state index in [1.165, 1.54) is 30.7 Å².